The lowest BCUT2D eigenvalue weighted by atomic mass is 9.47. The first kappa shape index (κ1) is 79.6. The summed E-state index contributed by atoms with van der Waals surface area (Å²) < 4.78 is 50.9. The van der Waals surface area contributed by atoms with Crippen molar-refractivity contribution in [3.8, 4) is 0 Å². The molecule has 0 spiro atoms. The summed E-state index contributed by atoms with van der Waals surface area (Å²) in [5.74, 6) is 8.70. The molecule has 3 aliphatic heterocycles. The van der Waals surface area contributed by atoms with Crippen LogP contribution in [0.2, 0.25) is 0 Å². The van der Waals surface area contributed by atoms with Gasteiger partial charge in [-0.3, -0.25) is 27.4 Å². The minimum atomic E-state index is -2.44. The van der Waals surface area contributed by atoms with E-state index in [0.29, 0.717) is 92.5 Å². The zero-order valence-electron chi connectivity index (χ0n) is 79.7. The number of aryl methyl sites for hydroxylation is 5. The number of hydrogen-bond acceptors (Lipinski definition) is 24. The third-order valence-electron chi connectivity index (χ3n) is 34.8. The van der Waals surface area contributed by atoms with Crippen LogP contribution in [0.5, 0.6) is 0 Å². The lowest BCUT2D eigenvalue weighted by Crippen LogP contribution is -2.65. The maximum absolute atomic E-state index is 13.6. The van der Waals surface area contributed by atoms with Gasteiger partial charge in [0, 0.05) is 63.0 Å². The van der Waals surface area contributed by atoms with Crippen molar-refractivity contribution in [2.24, 2.45) is 96.6 Å². The Hall–Kier alpha value is -11.0. The lowest BCUT2D eigenvalue weighted by molar-refractivity contribution is -0.133. The molecule has 688 valence electrons. The fourth-order valence-electron chi connectivity index (χ4n) is 31.7. The number of nitrogens with zero attached hydrogens (tertiary/aromatic N) is 22. The molecule has 18 aliphatic carbocycles. The molecule has 18 fully saturated rings. The van der Waals surface area contributed by atoms with Crippen LogP contribution >= 0.6 is 11.6 Å². The van der Waals surface area contributed by atoms with Gasteiger partial charge in [-0.25, -0.2) is 53.3 Å². The highest BCUT2D eigenvalue weighted by Gasteiger charge is 2.64. The van der Waals surface area contributed by atoms with Crippen LogP contribution < -0.4 is 48.1 Å². The van der Waals surface area contributed by atoms with Crippen molar-refractivity contribution in [1.82, 2.24) is 96.5 Å². The highest BCUT2D eigenvalue weighted by Crippen LogP contribution is 2.68. The van der Waals surface area contributed by atoms with Crippen molar-refractivity contribution in [3.05, 3.63) is 163 Å². The number of aromatic nitrogens is 20. The van der Waals surface area contributed by atoms with Crippen LogP contribution in [-0.2, 0) is 47.2 Å². The second kappa shape index (κ2) is 29.3. The van der Waals surface area contributed by atoms with Crippen molar-refractivity contribution in [2.45, 2.75) is 248 Å². The van der Waals surface area contributed by atoms with E-state index in [4.69, 9.17) is 45.1 Å². The number of hydrogen-bond donors (Lipinski definition) is 5. The number of anilines is 8. The van der Waals surface area contributed by atoms with Crippen molar-refractivity contribution in [1.29, 1.82) is 0 Å². The van der Waals surface area contributed by atoms with Crippen molar-refractivity contribution in [2.75, 3.05) is 51.3 Å². The first-order chi connectivity index (χ1) is 64.5. The van der Waals surface area contributed by atoms with Crippen LogP contribution in [-0.4, -0.2) is 145 Å². The second-order valence-corrected chi connectivity index (χ2v) is 45.5. The third kappa shape index (κ3) is 13.3. The van der Waals surface area contributed by atoms with E-state index in [-0.39, 0.29) is 45.9 Å². The molecule has 132 heavy (non-hydrogen) atoms. The lowest BCUT2D eigenvalue weighted by Gasteiger charge is -2.62. The SMILES string of the molecule is CC1=CC2OCCC2C=C1Nc1ncc2c(n1)n(C13CC4CC(CC(C)(C4)C1)C3)c(=O)n2C.Cc1cc2ncnn2cc1Nc1ncc2c(n1)n(C13CC4CC(CC(C)(C4)C1)C3)c(=O)n2C.Cn1c(=O)n(C23CC4CC(CC(C)(C4)C2)C3)c2nc(NC3=CC4CCOC4C=C3Cl)ncc21.[2H]C([2H])([2H])N1C(=C)N(C23CC4CC(CC(O)(C4)C2)C3)c2nc(Nc3cn4ncnc4cc3C)ncc21. The summed E-state index contributed by atoms with van der Waals surface area (Å²) in [5.41, 5.74) is 12.9. The minimum absolute atomic E-state index is 0.0298. The molecule has 14 heterocycles. The Bertz CT molecular complexity index is 6910. The summed E-state index contributed by atoms with van der Waals surface area (Å²) in [6, 6.07) is 3.89. The molecule has 11 aromatic rings. The fraction of sp³-hybridized carbons (Fsp3) is 0.586. The van der Waals surface area contributed by atoms with Gasteiger partial charge in [-0.1, -0.05) is 57.2 Å². The van der Waals surface area contributed by atoms with Crippen LogP contribution in [0.25, 0.3) is 44.8 Å². The van der Waals surface area contributed by atoms with E-state index >= 15 is 0 Å². The maximum Gasteiger partial charge on any atom is 0.330 e. The molecular weight excluding hydrogens is 1680 g/mol. The first-order valence-corrected chi connectivity index (χ1v) is 48.5. The molecule has 5 N–H and O–H groups in total. The van der Waals surface area contributed by atoms with Crippen molar-refractivity contribution >= 4 is 103 Å². The van der Waals surface area contributed by atoms with Gasteiger partial charge in [0.2, 0.25) is 23.8 Å². The summed E-state index contributed by atoms with van der Waals surface area (Å²) in [4.78, 5) is 90.3. The molecule has 16 saturated carbocycles. The number of fused-ring (bicyclic) bond motifs is 8. The summed E-state index contributed by atoms with van der Waals surface area (Å²) in [5, 5.41) is 33.9. The predicted octanol–water partition coefficient (Wildman–Crippen LogP) is 15.3. The van der Waals surface area contributed by atoms with Gasteiger partial charge in [0.25, 0.3) is 0 Å². The molecule has 0 amide bonds. The van der Waals surface area contributed by atoms with Gasteiger partial charge in [-0.2, -0.15) is 30.1 Å². The summed E-state index contributed by atoms with van der Waals surface area (Å²) in [6.45, 7) is 16.8. The monoisotopic (exact) mass is 1810 g/mol. The van der Waals surface area contributed by atoms with Gasteiger partial charge >= 0.3 is 17.1 Å². The Kier molecular flexibility index (Phi) is 17.7. The number of aliphatic hydroxyl groups is 1. The average Bonchev–Trinajstić information content (AvgIpc) is 1.62. The quantitative estimate of drug-likeness (QED) is 0.0758. The number of allylic oxidation sites excluding steroid dienone is 2. The van der Waals surface area contributed by atoms with E-state index < -0.39 is 18.1 Å². The summed E-state index contributed by atoms with van der Waals surface area (Å²) >= 11 is 6.54. The molecule has 11 aromatic heterocycles. The van der Waals surface area contributed by atoms with Crippen molar-refractivity contribution in [3.63, 3.8) is 0 Å². The van der Waals surface area contributed by atoms with E-state index in [1.54, 1.807) is 41.3 Å². The second-order valence-electron chi connectivity index (χ2n) is 45.1. The Balaban J connectivity index is 0.0000000961. The maximum atomic E-state index is 13.6. The van der Waals surface area contributed by atoms with E-state index in [0.717, 1.165) is 236 Å². The Morgan fingerprint density at radius 2 is 0.864 bits per heavy atom. The fourth-order valence-corrected chi connectivity index (χ4v) is 31.9. The number of rotatable bonds is 12. The summed E-state index contributed by atoms with van der Waals surface area (Å²) in [7, 11) is 5.53. The molecule has 0 aromatic carbocycles. The molecule has 21 aliphatic rings. The number of ether oxygens (including phenoxy) is 2. The zero-order valence-corrected chi connectivity index (χ0v) is 77.5. The zero-order chi connectivity index (χ0) is 92.6. The molecule has 32 rings (SSSR count). The Morgan fingerprint density at radius 3 is 1.29 bits per heavy atom. The van der Waals surface area contributed by atoms with Gasteiger partial charge in [0.15, 0.2) is 34.1 Å². The van der Waals surface area contributed by atoms with E-state index in [9.17, 15) is 19.5 Å². The van der Waals surface area contributed by atoms with Crippen LogP contribution in [0.4, 0.5) is 46.7 Å². The number of imidazole rings is 3. The van der Waals surface area contributed by atoms with Crippen LogP contribution in [0.15, 0.2) is 135 Å². The van der Waals surface area contributed by atoms with Crippen molar-refractivity contribution < 1.29 is 18.7 Å². The summed E-state index contributed by atoms with van der Waals surface area (Å²) in [6.07, 6.45) is 51.3. The van der Waals surface area contributed by atoms with E-state index in [1.165, 1.54) is 75.3 Å². The van der Waals surface area contributed by atoms with E-state index in [1.807, 2.05) is 85.8 Å². The topological polar surface area (TPSA) is 338 Å². The molecule has 12 atom stereocenters. The molecule has 33 heteroatoms. The third-order valence-corrected chi connectivity index (χ3v) is 35.1. The predicted molar refractivity (Wildman–Crippen MR) is 504 cm³/mol. The number of pyridine rings is 2. The van der Waals surface area contributed by atoms with Gasteiger partial charge in [-0.05, 0) is 286 Å². The standard InChI is InChI=1S/C26H33N5O2.C25H30ClN5O2.2C24H28N8O/c1-15-6-21-18(4-5-33-21)8-19(15)28-23-27-13-20-22(29-23)31(24(32)30(20)3)26-11-16-7-17(12-26)10-25(2,9-16)14-26;1-24-8-14-5-15(9-24)11-25(10-14,13-24)31-21-19(30(2)23(31)32)12-27-22(29-21)28-18-6-16-3-4-33-20(16)7-17(18)26;1-14-4-19-26-13-27-31(19)11-17(14)28-21-25-10-18-20(29-21)32(22(33)30(18)3)24-8-15-5-16(9-24)7-23(2,6-15)12-24;1-14-4-20-26-13-27-31(20)11-18(14)28-22-25-10-19-21(29-22)32(15(2)30(19)3)23-6-16-5-17(7-23)9-24(33,8-16)12-23/h6,8,13,16-18,21H,4-5,7,9-12,14H2,1-3H3,(H,27,28,29);6-7,12,14-16,20H,3-5,8-11,13H2,1-2H3,(H,27,28,29);4,10-11,13,15-16H,5-9,12H2,1-3H3,(H,25,28,29);4,10-11,13,16-17,33H,2,5-9,12H2,1,3H3,(H,25,28,29)/i;;;3D3. The smallest absolute Gasteiger partial charge is 0.330 e. The van der Waals surface area contributed by atoms with Gasteiger partial charge in [0.05, 0.1) is 99.2 Å². The highest BCUT2D eigenvalue weighted by atomic mass is 35.5. The average molecular weight is 1810 g/mol. The van der Waals surface area contributed by atoms with Gasteiger partial charge in [-0.15, -0.1) is 0 Å². The van der Waals surface area contributed by atoms with Gasteiger partial charge < -0.3 is 45.6 Å². The largest absolute Gasteiger partial charge is 0.390 e. The Labute approximate surface area is 773 Å². The molecular formula is C99H119ClN26O6. The molecule has 2 saturated heterocycles. The molecule has 32 nitrogen and oxygen atoms in total. The number of nitrogens with one attached hydrogen (secondary N) is 4. The molecule has 12 unspecified atom stereocenters. The Morgan fingerprint density at radius 1 is 0.477 bits per heavy atom. The van der Waals surface area contributed by atoms with Gasteiger partial charge in [0.1, 0.15) is 40.7 Å². The van der Waals surface area contributed by atoms with Crippen LogP contribution in [0, 0.1) is 89.3 Å². The highest BCUT2D eigenvalue weighted by molar-refractivity contribution is 6.32. The first-order valence-electron chi connectivity index (χ1n) is 49.7. The normalized spacial score (nSPS) is 35.6. The molecule has 16 bridgehead atoms. The van der Waals surface area contributed by atoms with Crippen LogP contribution in [0.3, 0.4) is 0 Å². The number of halogens is 1. The van der Waals surface area contributed by atoms with E-state index in [2.05, 4.69) is 118 Å². The molecule has 0 radical (unpaired) electrons. The van der Waals surface area contributed by atoms with Crippen LogP contribution in [0.1, 0.15) is 210 Å². The minimum Gasteiger partial charge on any atom is -0.390 e.